The van der Waals surface area contributed by atoms with Crippen molar-refractivity contribution in [1.29, 1.82) is 0 Å². The number of ether oxygens (including phenoxy) is 2. The summed E-state index contributed by atoms with van der Waals surface area (Å²) in [5, 5.41) is 67.9. The third-order valence-corrected chi connectivity index (χ3v) is 5.76. The van der Waals surface area contributed by atoms with Gasteiger partial charge in [-0.25, -0.2) is 0 Å². The standard InChI is InChI=1S/C24H30O10/c25-15(5-1-13-3-7-17(26)19(28)9-13)11-16(6-2-14-4-8-18(27)20(29)10-14)34-24-23(32)22(31)21(30)12-33-24/h3-4,7-10,16,21-24,26-32H,1-2,5-6,11-12H2/t16-,21-,22+,23-,24+/m0/s1. The van der Waals surface area contributed by atoms with Gasteiger partial charge in [-0.2, -0.15) is 0 Å². The van der Waals surface area contributed by atoms with E-state index in [4.69, 9.17) is 9.47 Å². The number of carbonyl (C=O) groups is 1. The average Bonchev–Trinajstić information content (AvgIpc) is 2.80. The molecule has 1 saturated heterocycles. The van der Waals surface area contributed by atoms with Crippen LogP contribution in [-0.2, 0) is 27.1 Å². The molecule has 0 spiro atoms. The number of aliphatic hydroxyl groups is 3. The predicted molar refractivity (Wildman–Crippen MR) is 118 cm³/mol. The Balaban J connectivity index is 1.63. The normalized spacial score (nSPS) is 23.5. The first kappa shape index (κ1) is 25.7. The minimum Gasteiger partial charge on any atom is -0.504 e. The molecular weight excluding hydrogens is 448 g/mol. The van der Waals surface area contributed by atoms with E-state index >= 15 is 0 Å². The van der Waals surface area contributed by atoms with Gasteiger partial charge in [-0.3, -0.25) is 4.79 Å². The third-order valence-electron chi connectivity index (χ3n) is 5.76. The zero-order valence-corrected chi connectivity index (χ0v) is 18.4. The van der Waals surface area contributed by atoms with Gasteiger partial charge in [-0.05, 0) is 54.7 Å². The van der Waals surface area contributed by atoms with Crippen molar-refractivity contribution in [3.8, 4) is 23.0 Å². The van der Waals surface area contributed by atoms with Gasteiger partial charge in [0.2, 0.25) is 0 Å². The van der Waals surface area contributed by atoms with Crippen LogP contribution in [0, 0.1) is 0 Å². The van der Waals surface area contributed by atoms with Crippen LogP contribution in [0.3, 0.4) is 0 Å². The van der Waals surface area contributed by atoms with Crippen LogP contribution in [0.15, 0.2) is 36.4 Å². The van der Waals surface area contributed by atoms with Gasteiger partial charge in [0.05, 0.1) is 12.7 Å². The number of aryl methyl sites for hydroxylation is 2. The molecule has 0 radical (unpaired) electrons. The van der Waals surface area contributed by atoms with Gasteiger partial charge in [0, 0.05) is 12.8 Å². The van der Waals surface area contributed by atoms with Crippen molar-refractivity contribution in [1.82, 2.24) is 0 Å². The highest BCUT2D eigenvalue weighted by Gasteiger charge is 2.39. The maximum Gasteiger partial charge on any atom is 0.186 e. The fourth-order valence-corrected chi connectivity index (χ4v) is 3.72. The van der Waals surface area contributed by atoms with Crippen molar-refractivity contribution in [3.05, 3.63) is 47.5 Å². The van der Waals surface area contributed by atoms with Crippen LogP contribution in [0.1, 0.15) is 30.4 Å². The molecule has 1 fully saturated rings. The smallest absolute Gasteiger partial charge is 0.186 e. The fourth-order valence-electron chi connectivity index (χ4n) is 3.72. The number of aliphatic hydroxyl groups excluding tert-OH is 3. The summed E-state index contributed by atoms with van der Waals surface area (Å²) < 4.78 is 11.1. The number of hydrogen-bond donors (Lipinski definition) is 7. The van der Waals surface area contributed by atoms with E-state index in [0.29, 0.717) is 30.4 Å². The van der Waals surface area contributed by atoms with E-state index in [2.05, 4.69) is 0 Å². The highest BCUT2D eigenvalue weighted by atomic mass is 16.7. The molecule has 7 N–H and O–H groups in total. The van der Waals surface area contributed by atoms with Crippen molar-refractivity contribution >= 4 is 5.78 Å². The Morgan fingerprint density at radius 2 is 1.47 bits per heavy atom. The first-order valence-corrected chi connectivity index (χ1v) is 11.0. The lowest BCUT2D eigenvalue weighted by Crippen LogP contribution is -2.54. The van der Waals surface area contributed by atoms with E-state index in [-0.39, 0.29) is 48.2 Å². The fraction of sp³-hybridized carbons (Fsp3) is 0.458. The molecule has 186 valence electrons. The minimum atomic E-state index is -1.50. The highest BCUT2D eigenvalue weighted by Crippen LogP contribution is 2.28. The molecule has 2 aromatic rings. The monoisotopic (exact) mass is 478 g/mol. The molecule has 0 bridgehead atoms. The number of hydrogen-bond acceptors (Lipinski definition) is 10. The molecule has 0 amide bonds. The maximum atomic E-state index is 12.7. The molecule has 0 aliphatic carbocycles. The summed E-state index contributed by atoms with van der Waals surface area (Å²) in [5.41, 5.74) is 1.36. The van der Waals surface area contributed by atoms with Crippen LogP contribution < -0.4 is 0 Å². The Labute approximate surface area is 196 Å². The minimum absolute atomic E-state index is 0.0284. The van der Waals surface area contributed by atoms with Crippen LogP contribution in [0.4, 0.5) is 0 Å². The molecule has 34 heavy (non-hydrogen) atoms. The van der Waals surface area contributed by atoms with Crippen LogP contribution in [0.5, 0.6) is 23.0 Å². The molecule has 10 nitrogen and oxygen atoms in total. The molecule has 0 aromatic heterocycles. The molecule has 5 atom stereocenters. The first-order chi connectivity index (χ1) is 16.1. The van der Waals surface area contributed by atoms with Gasteiger partial charge < -0.3 is 45.2 Å². The van der Waals surface area contributed by atoms with E-state index in [1.54, 1.807) is 12.1 Å². The molecular formula is C24H30O10. The van der Waals surface area contributed by atoms with E-state index in [1.165, 1.54) is 24.3 Å². The number of phenols is 4. The summed E-state index contributed by atoms with van der Waals surface area (Å²) in [7, 11) is 0. The number of rotatable bonds is 10. The third kappa shape index (κ3) is 6.81. The SMILES string of the molecule is O=C(CCc1ccc(O)c(O)c1)C[C@H](CCc1ccc(O)c(O)c1)O[C@H]1OC[C@H](O)[C@@H](O)[C@@H]1O. The molecule has 0 saturated carbocycles. The Hall–Kier alpha value is -2.89. The second-order valence-corrected chi connectivity index (χ2v) is 8.44. The van der Waals surface area contributed by atoms with E-state index in [1.807, 2.05) is 0 Å². The first-order valence-electron chi connectivity index (χ1n) is 11.0. The Morgan fingerprint density at radius 3 is 2.06 bits per heavy atom. The summed E-state index contributed by atoms with van der Waals surface area (Å²) in [5.74, 6) is -1.20. The summed E-state index contributed by atoms with van der Waals surface area (Å²) in [4.78, 5) is 12.7. The Kier molecular flexibility index (Phi) is 8.70. The van der Waals surface area contributed by atoms with Crippen LogP contribution in [0.25, 0.3) is 0 Å². The summed E-state index contributed by atoms with van der Waals surface area (Å²) in [6, 6.07) is 8.70. The second-order valence-electron chi connectivity index (χ2n) is 8.44. The molecule has 1 aliphatic rings. The van der Waals surface area contributed by atoms with Crippen molar-refractivity contribution in [3.63, 3.8) is 0 Å². The molecule has 1 heterocycles. The second kappa shape index (κ2) is 11.5. The highest BCUT2D eigenvalue weighted by molar-refractivity contribution is 5.79. The Morgan fingerprint density at radius 1 is 0.882 bits per heavy atom. The van der Waals surface area contributed by atoms with Crippen LogP contribution in [-0.4, -0.2) is 78.8 Å². The van der Waals surface area contributed by atoms with Crippen molar-refractivity contribution < 1.29 is 50.0 Å². The van der Waals surface area contributed by atoms with Crippen molar-refractivity contribution in [2.75, 3.05) is 6.61 Å². The van der Waals surface area contributed by atoms with Gasteiger partial charge in [0.15, 0.2) is 29.3 Å². The quantitative estimate of drug-likeness (QED) is 0.242. The number of phenolic OH excluding ortho intramolecular Hbond substituents is 4. The number of benzene rings is 2. The number of ketones is 1. The average molecular weight is 478 g/mol. The van der Waals surface area contributed by atoms with E-state index in [0.717, 1.165) is 0 Å². The lowest BCUT2D eigenvalue weighted by Gasteiger charge is -2.36. The summed E-state index contributed by atoms with van der Waals surface area (Å²) in [6.07, 6.45) is -5.02. The van der Waals surface area contributed by atoms with Crippen molar-refractivity contribution in [2.24, 2.45) is 0 Å². The van der Waals surface area contributed by atoms with Crippen LogP contribution in [0.2, 0.25) is 0 Å². The molecule has 2 aromatic carbocycles. The van der Waals surface area contributed by atoms with E-state index < -0.39 is 30.7 Å². The van der Waals surface area contributed by atoms with Crippen molar-refractivity contribution in [2.45, 2.75) is 62.8 Å². The summed E-state index contributed by atoms with van der Waals surface area (Å²) >= 11 is 0. The van der Waals surface area contributed by atoms with E-state index in [9.17, 15) is 40.5 Å². The molecule has 3 rings (SSSR count). The van der Waals surface area contributed by atoms with Gasteiger partial charge in [0.25, 0.3) is 0 Å². The zero-order valence-electron chi connectivity index (χ0n) is 18.4. The maximum absolute atomic E-state index is 12.7. The lowest BCUT2D eigenvalue weighted by atomic mass is 9.99. The van der Waals surface area contributed by atoms with Crippen LogP contribution >= 0.6 is 0 Å². The number of aromatic hydroxyl groups is 4. The molecule has 1 aliphatic heterocycles. The van der Waals surface area contributed by atoms with Gasteiger partial charge >= 0.3 is 0 Å². The Bertz CT molecular complexity index is 978. The number of carbonyl (C=O) groups excluding carboxylic acids is 1. The number of Topliss-reactive ketones (excluding diaryl/α,β-unsaturated/α-hetero) is 1. The molecule has 0 unspecified atom stereocenters. The zero-order chi connectivity index (χ0) is 24.8. The topological polar surface area (TPSA) is 177 Å². The van der Waals surface area contributed by atoms with Gasteiger partial charge in [0.1, 0.15) is 24.1 Å². The lowest BCUT2D eigenvalue weighted by molar-refractivity contribution is -0.282. The van der Waals surface area contributed by atoms with Gasteiger partial charge in [-0.15, -0.1) is 0 Å². The largest absolute Gasteiger partial charge is 0.504 e. The van der Waals surface area contributed by atoms with Gasteiger partial charge in [-0.1, -0.05) is 12.1 Å². The predicted octanol–water partition coefficient (Wildman–Crippen LogP) is 0.858. The molecule has 10 heteroatoms. The summed E-state index contributed by atoms with van der Waals surface area (Å²) in [6.45, 7) is -0.236.